The minimum atomic E-state index is 0.0266. The van der Waals surface area contributed by atoms with Crippen LogP contribution in [-0.2, 0) is 0 Å². The first-order chi connectivity index (χ1) is 7.61. The zero-order valence-corrected chi connectivity index (χ0v) is 11.9. The van der Waals surface area contributed by atoms with Crippen molar-refractivity contribution in [1.82, 2.24) is 5.32 Å². The van der Waals surface area contributed by atoms with Crippen LogP contribution < -0.4 is 10.2 Å². The average molecular weight is 333 g/mol. The summed E-state index contributed by atoms with van der Waals surface area (Å²) >= 11 is 2.18. The molecule has 4 heteroatoms. The van der Waals surface area contributed by atoms with Gasteiger partial charge in [-0.2, -0.15) is 0 Å². The molecule has 1 amide bonds. The Kier molecular flexibility index (Phi) is 5.76. The van der Waals surface area contributed by atoms with E-state index < -0.39 is 0 Å². The normalized spacial score (nSPS) is 10.5. The van der Waals surface area contributed by atoms with Crippen LogP contribution in [0, 0.1) is 3.57 Å². The standard InChI is InChI=1S/C12H17IN2O/c1-15(2)9-5-8-14-12(16)10-6-3-4-7-11(10)13/h3-4,6-7H,5,8-9H2,1-2H3,(H,14,16)/p+1. The van der Waals surface area contributed by atoms with E-state index in [-0.39, 0.29) is 5.91 Å². The number of quaternary nitrogens is 1. The Morgan fingerprint density at radius 2 is 2.06 bits per heavy atom. The molecule has 0 heterocycles. The third kappa shape index (κ3) is 4.49. The van der Waals surface area contributed by atoms with Crippen LogP contribution in [0.15, 0.2) is 24.3 Å². The highest BCUT2D eigenvalue weighted by Gasteiger charge is 2.07. The Balaban J connectivity index is 2.39. The molecule has 1 aromatic carbocycles. The van der Waals surface area contributed by atoms with Crippen molar-refractivity contribution in [2.45, 2.75) is 6.42 Å². The van der Waals surface area contributed by atoms with E-state index in [2.05, 4.69) is 42.0 Å². The third-order valence-corrected chi connectivity index (χ3v) is 3.20. The molecule has 88 valence electrons. The topological polar surface area (TPSA) is 33.5 Å². The highest BCUT2D eigenvalue weighted by molar-refractivity contribution is 14.1. The summed E-state index contributed by atoms with van der Waals surface area (Å²) in [6.45, 7) is 1.82. The minimum absolute atomic E-state index is 0.0266. The van der Waals surface area contributed by atoms with Crippen LogP contribution in [0.1, 0.15) is 16.8 Å². The second-order valence-corrected chi connectivity index (χ2v) is 5.21. The summed E-state index contributed by atoms with van der Waals surface area (Å²) in [5.41, 5.74) is 0.764. The predicted molar refractivity (Wildman–Crippen MR) is 73.8 cm³/mol. The van der Waals surface area contributed by atoms with E-state index in [9.17, 15) is 4.79 Å². The number of halogens is 1. The monoisotopic (exact) mass is 333 g/mol. The minimum Gasteiger partial charge on any atom is -0.352 e. The van der Waals surface area contributed by atoms with Crippen molar-refractivity contribution in [1.29, 1.82) is 0 Å². The average Bonchev–Trinajstić information content (AvgIpc) is 2.24. The number of nitrogens with one attached hydrogen (secondary N) is 2. The van der Waals surface area contributed by atoms with Crippen LogP contribution in [-0.4, -0.2) is 33.1 Å². The maximum absolute atomic E-state index is 11.8. The Morgan fingerprint density at radius 3 is 2.69 bits per heavy atom. The first kappa shape index (κ1) is 13.4. The van der Waals surface area contributed by atoms with Gasteiger partial charge in [0.15, 0.2) is 0 Å². The number of rotatable bonds is 5. The first-order valence-corrected chi connectivity index (χ1v) is 6.51. The number of carbonyl (C=O) groups is 1. The third-order valence-electron chi connectivity index (χ3n) is 2.26. The van der Waals surface area contributed by atoms with Crippen molar-refractivity contribution in [3.05, 3.63) is 33.4 Å². The van der Waals surface area contributed by atoms with E-state index in [4.69, 9.17) is 0 Å². The molecule has 3 nitrogen and oxygen atoms in total. The second-order valence-electron chi connectivity index (χ2n) is 4.05. The van der Waals surface area contributed by atoms with Gasteiger partial charge in [0.1, 0.15) is 0 Å². The quantitative estimate of drug-likeness (QED) is 0.599. The summed E-state index contributed by atoms with van der Waals surface area (Å²) in [7, 11) is 4.23. The lowest BCUT2D eigenvalue weighted by Gasteiger charge is -2.08. The molecule has 0 saturated carbocycles. The zero-order valence-electron chi connectivity index (χ0n) is 9.72. The van der Waals surface area contributed by atoms with Crippen LogP contribution >= 0.6 is 22.6 Å². The predicted octanol–water partition coefficient (Wildman–Crippen LogP) is 0.556. The molecule has 0 fully saturated rings. The van der Waals surface area contributed by atoms with E-state index in [1.165, 1.54) is 4.90 Å². The fourth-order valence-corrected chi connectivity index (χ4v) is 2.02. The first-order valence-electron chi connectivity index (χ1n) is 5.43. The lowest BCUT2D eigenvalue weighted by atomic mass is 10.2. The lowest BCUT2D eigenvalue weighted by molar-refractivity contribution is -0.858. The van der Waals surface area contributed by atoms with Gasteiger partial charge >= 0.3 is 0 Å². The Hall–Kier alpha value is -0.620. The van der Waals surface area contributed by atoms with E-state index in [1.807, 2.05) is 24.3 Å². The molecule has 0 aliphatic carbocycles. The smallest absolute Gasteiger partial charge is 0.252 e. The molecule has 0 radical (unpaired) electrons. The van der Waals surface area contributed by atoms with Gasteiger partial charge in [-0.1, -0.05) is 12.1 Å². The van der Waals surface area contributed by atoms with E-state index in [0.29, 0.717) is 0 Å². The maximum Gasteiger partial charge on any atom is 0.252 e. The highest BCUT2D eigenvalue weighted by atomic mass is 127. The highest BCUT2D eigenvalue weighted by Crippen LogP contribution is 2.10. The lowest BCUT2D eigenvalue weighted by Crippen LogP contribution is -3.05. The molecule has 0 atom stereocenters. The molecular formula is C12H18IN2O+. The van der Waals surface area contributed by atoms with Gasteiger partial charge in [0.25, 0.3) is 5.91 Å². The summed E-state index contributed by atoms with van der Waals surface area (Å²) in [5, 5.41) is 2.94. The molecule has 2 N–H and O–H groups in total. The van der Waals surface area contributed by atoms with Crippen LogP contribution in [0.2, 0.25) is 0 Å². The van der Waals surface area contributed by atoms with Crippen molar-refractivity contribution >= 4 is 28.5 Å². The van der Waals surface area contributed by atoms with Crippen molar-refractivity contribution in [2.24, 2.45) is 0 Å². The molecule has 0 saturated heterocycles. The number of hydrogen-bond donors (Lipinski definition) is 2. The summed E-state index contributed by atoms with van der Waals surface area (Å²) < 4.78 is 0.996. The SMILES string of the molecule is C[NH+](C)CCCNC(=O)c1ccccc1I. The number of carbonyl (C=O) groups excluding carboxylic acids is 1. The van der Waals surface area contributed by atoms with Crippen molar-refractivity contribution in [3.8, 4) is 0 Å². The molecule has 1 aromatic rings. The summed E-state index contributed by atoms with van der Waals surface area (Å²) in [5.74, 6) is 0.0266. The van der Waals surface area contributed by atoms with E-state index in [1.54, 1.807) is 0 Å². The Labute approximate surface area is 110 Å². The molecule has 0 unspecified atom stereocenters. The van der Waals surface area contributed by atoms with Crippen molar-refractivity contribution in [3.63, 3.8) is 0 Å². The van der Waals surface area contributed by atoms with E-state index in [0.717, 1.165) is 28.6 Å². The molecule has 0 spiro atoms. The van der Waals surface area contributed by atoms with Gasteiger partial charge in [-0.3, -0.25) is 4.79 Å². The fourth-order valence-electron chi connectivity index (χ4n) is 1.38. The van der Waals surface area contributed by atoms with Gasteiger partial charge in [0.2, 0.25) is 0 Å². The largest absolute Gasteiger partial charge is 0.352 e. The van der Waals surface area contributed by atoms with Gasteiger partial charge in [-0.25, -0.2) is 0 Å². The van der Waals surface area contributed by atoms with Gasteiger partial charge in [-0.05, 0) is 34.7 Å². The summed E-state index contributed by atoms with van der Waals surface area (Å²) in [4.78, 5) is 13.2. The van der Waals surface area contributed by atoms with Crippen LogP contribution in [0.3, 0.4) is 0 Å². The van der Waals surface area contributed by atoms with Crippen LogP contribution in [0.4, 0.5) is 0 Å². The summed E-state index contributed by atoms with van der Waals surface area (Å²) in [6, 6.07) is 7.63. The van der Waals surface area contributed by atoms with Gasteiger partial charge < -0.3 is 10.2 Å². The number of amides is 1. The molecule has 16 heavy (non-hydrogen) atoms. The molecule has 1 rings (SSSR count). The van der Waals surface area contributed by atoms with E-state index >= 15 is 0 Å². The number of benzene rings is 1. The van der Waals surface area contributed by atoms with Crippen molar-refractivity contribution in [2.75, 3.05) is 27.2 Å². The van der Waals surface area contributed by atoms with Gasteiger partial charge in [0, 0.05) is 16.5 Å². The fraction of sp³-hybridized carbons (Fsp3) is 0.417. The Bertz CT molecular complexity index is 353. The van der Waals surface area contributed by atoms with Gasteiger partial charge in [0.05, 0.1) is 26.2 Å². The molecule has 0 aliphatic rings. The molecule has 0 aromatic heterocycles. The number of hydrogen-bond acceptors (Lipinski definition) is 1. The summed E-state index contributed by atoms with van der Waals surface area (Å²) in [6.07, 6.45) is 1.01. The molecular weight excluding hydrogens is 315 g/mol. The molecule has 0 aliphatic heterocycles. The van der Waals surface area contributed by atoms with Crippen LogP contribution in [0.5, 0.6) is 0 Å². The Morgan fingerprint density at radius 1 is 1.38 bits per heavy atom. The maximum atomic E-state index is 11.8. The zero-order chi connectivity index (χ0) is 12.0. The molecule has 0 bridgehead atoms. The second kappa shape index (κ2) is 6.85. The van der Waals surface area contributed by atoms with Gasteiger partial charge in [-0.15, -0.1) is 0 Å². The van der Waals surface area contributed by atoms with Crippen LogP contribution in [0.25, 0.3) is 0 Å². The van der Waals surface area contributed by atoms with Crippen molar-refractivity contribution < 1.29 is 9.69 Å².